The highest BCUT2D eigenvalue weighted by Gasteiger charge is 2.52. The summed E-state index contributed by atoms with van der Waals surface area (Å²) in [6.07, 6.45) is 0.941. The standard InChI is InChI=1S/C11H17NO4S/c1-7(2)9(14)12-6-4-5-11(12,10(15)16)17-8(3)13/h7H,4-6H2,1-3H3,(H,15,16)/t11-/m1/s1. The third kappa shape index (κ3) is 2.62. The number of carbonyl (C=O) groups is 3. The Morgan fingerprint density at radius 3 is 2.35 bits per heavy atom. The van der Waals surface area contributed by atoms with Crippen LogP contribution in [-0.2, 0) is 14.4 Å². The van der Waals surface area contributed by atoms with Crippen LogP contribution in [0.25, 0.3) is 0 Å². The third-order valence-corrected chi connectivity index (χ3v) is 3.96. The summed E-state index contributed by atoms with van der Waals surface area (Å²) in [5.41, 5.74) is 0. The molecule has 0 saturated carbocycles. The lowest BCUT2D eigenvalue weighted by atomic mass is 10.1. The Bertz CT molecular complexity index is 355. The molecule has 1 atom stereocenters. The molecule has 1 amide bonds. The molecule has 1 fully saturated rings. The zero-order valence-electron chi connectivity index (χ0n) is 10.2. The normalized spacial score (nSPS) is 24.1. The molecule has 0 aromatic carbocycles. The fourth-order valence-electron chi connectivity index (χ4n) is 2.00. The Hall–Kier alpha value is -1.04. The maximum atomic E-state index is 12.0. The van der Waals surface area contributed by atoms with E-state index in [0.717, 1.165) is 11.8 Å². The van der Waals surface area contributed by atoms with E-state index in [1.165, 1.54) is 11.8 Å². The third-order valence-electron chi connectivity index (χ3n) is 2.74. The number of likely N-dealkylation sites (tertiary alicyclic amines) is 1. The van der Waals surface area contributed by atoms with Crippen molar-refractivity contribution in [1.82, 2.24) is 4.90 Å². The van der Waals surface area contributed by atoms with E-state index < -0.39 is 10.8 Å². The second-order valence-corrected chi connectivity index (χ2v) is 5.89. The van der Waals surface area contributed by atoms with Gasteiger partial charge in [-0.25, -0.2) is 4.79 Å². The van der Waals surface area contributed by atoms with Crippen molar-refractivity contribution >= 4 is 28.8 Å². The maximum absolute atomic E-state index is 12.0. The smallest absolute Gasteiger partial charge is 0.340 e. The SMILES string of the molecule is CC(=O)S[C@@]1(C(=O)O)CCCN1C(=O)C(C)C. The number of hydrogen-bond acceptors (Lipinski definition) is 4. The Morgan fingerprint density at radius 2 is 1.94 bits per heavy atom. The number of thioether (sulfide) groups is 1. The van der Waals surface area contributed by atoms with Crippen LogP contribution in [0.15, 0.2) is 0 Å². The fourth-order valence-corrected chi connectivity index (χ4v) is 3.10. The lowest BCUT2D eigenvalue weighted by Crippen LogP contribution is -2.52. The molecule has 1 rings (SSSR count). The van der Waals surface area contributed by atoms with Crippen LogP contribution in [0.5, 0.6) is 0 Å². The average Bonchev–Trinajstić information content (AvgIpc) is 2.60. The van der Waals surface area contributed by atoms with Gasteiger partial charge in [-0.3, -0.25) is 9.59 Å². The summed E-state index contributed by atoms with van der Waals surface area (Å²) in [5, 5.41) is 9.07. The summed E-state index contributed by atoms with van der Waals surface area (Å²) in [5.74, 6) is -1.58. The van der Waals surface area contributed by atoms with Gasteiger partial charge in [0, 0.05) is 19.4 Å². The lowest BCUT2D eigenvalue weighted by molar-refractivity contribution is -0.151. The van der Waals surface area contributed by atoms with Gasteiger partial charge in [-0.1, -0.05) is 13.8 Å². The van der Waals surface area contributed by atoms with Crippen LogP contribution in [0.4, 0.5) is 0 Å². The van der Waals surface area contributed by atoms with Crippen molar-refractivity contribution in [3.63, 3.8) is 0 Å². The molecule has 0 unspecified atom stereocenters. The number of rotatable bonds is 3. The van der Waals surface area contributed by atoms with Crippen molar-refractivity contribution in [3.05, 3.63) is 0 Å². The lowest BCUT2D eigenvalue weighted by Gasteiger charge is -2.34. The van der Waals surface area contributed by atoms with Gasteiger partial charge in [0.2, 0.25) is 5.91 Å². The fraction of sp³-hybridized carbons (Fsp3) is 0.727. The molecule has 1 heterocycles. The molecule has 0 aliphatic carbocycles. The largest absolute Gasteiger partial charge is 0.479 e. The van der Waals surface area contributed by atoms with E-state index in [4.69, 9.17) is 0 Å². The monoisotopic (exact) mass is 259 g/mol. The minimum atomic E-state index is -1.40. The zero-order chi connectivity index (χ0) is 13.2. The Labute approximate surface area is 105 Å². The predicted molar refractivity (Wildman–Crippen MR) is 64.4 cm³/mol. The van der Waals surface area contributed by atoms with Gasteiger partial charge in [-0.15, -0.1) is 0 Å². The molecular formula is C11H17NO4S. The molecule has 1 aliphatic rings. The molecule has 0 aromatic rings. The number of nitrogens with zero attached hydrogens (tertiary/aromatic N) is 1. The van der Waals surface area contributed by atoms with E-state index in [2.05, 4.69) is 0 Å². The Morgan fingerprint density at radius 1 is 1.35 bits per heavy atom. The van der Waals surface area contributed by atoms with E-state index in [1.807, 2.05) is 0 Å². The van der Waals surface area contributed by atoms with Gasteiger partial charge >= 0.3 is 5.97 Å². The van der Waals surface area contributed by atoms with Crippen LogP contribution >= 0.6 is 11.8 Å². The van der Waals surface area contributed by atoms with E-state index in [-0.39, 0.29) is 16.9 Å². The number of aliphatic carboxylic acids is 1. The molecule has 1 aliphatic heterocycles. The van der Waals surface area contributed by atoms with Gasteiger partial charge in [0.1, 0.15) is 0 Å². The van der Waals surface area contributed by atoms with Crippen LogP contribution in [0.3, 0.4) is 0 Å². The number of amides is 1. The summed E-state index contributed by atoms with van der Waals surface area (Å²) >= 11 is 0.738. The molecule has 5 nitrogen and oxygen atoms in total. The second kappa shape index (κ2) is 5.08. The van der Waals surface area contributed by atoms with E-state index in [9.17, 15) is 19.5 Å². The highest BCUT2D eigenvalue weighted by atomic mass is 32.2. The summed E-state index contributed by atoms with van der Waals surface area (Å²) < 4.78 is 0. The van der Waals surface area contributed by atoms with E-state index in [0.29, 0.717) is 19.4 Å². The minimum absolute atomic E-state index is 0.210. The van der Waals surface area contributed by atoms with Crippen LogP contribution in [0, 0.1) is 5.92 Å². The van der Waals surface area contributed by atoms with Gasteiger partial charge in [0.15, 0.2) is 9.99 Å². The van der Waals surface area contributed by atoms with E-state index in [1.54, 1.807) is 13.8 Å². The van der Waals surface area contributed by atoms with Crippen LogP contribution in [0.1, 0.15) is 33.6 Å². The van der Waals surface area contributed by atoms with Gasteiger partial charge in [-0.2, -0.15) is 0 Å². The molecule has 96 valence electrons. The molecule has 1 saturated heterocycles. The van der Waals surface area contributed by atoms with Crippen molar-refractivity contribution in [2.45, 2.75) is 38.5 Å². The topological polar surface area (TPSA) is 74.7 Å². The quantitative estimate of drug-likeness (QED) is 0.827. The number of hydrogen-bond donors (Lipinski definition) is 1. The Balaban J connectivity index is 3.06. The molecular weight excluding hydrogens is 242 g/mol. The van der Waals surface area contributed by atoms with Crippen LogP contribution in [0.2, 0.25) is 0 Å². The van der Waals surface area contributed by atoms with Crippen molar-refractivity contribution in [2.24, 2.45) is 5.92 Å². The Kier molecular flexibility index (Phi) is 4.19. The molecule has 0 aromatic heterocycles. The van der Waals surface area contributed by atoms with Crippen LogP contribution < -0.4 is 0 Å². The molecule has 0 bridgehead atoms. The minimum Gasteiger partial charge on any atom is -0.479 e. The first-order valence-electron chi connectivity index (χ1n) is 5.55. The van der Waals surface area contributed by atoms with Crippen molar-refractivity contribution in [2.75, 3.05) is 6.54 Å². The number of carbonyl (C=O) groups excluding carboxylic acids is 2. The summed E-state index contributed by atoms with van der Waals surface area (Å²) in [7, 11) is 0. The van der Waals surface area contributed by atoms with Crippen molar-refractivity contribution in [1.29, 1.82) is 0 Å². The van der Waals surface area contributed by atoms with Crippen molar-refractivity contribution in [3.8, 4) is 0 Å². The van der Waals surface area contributed by atoms with E-state index >= 15 is 0 Å². The molecule has 17 heavy (non-hydrogen) atoms. The van der Waals surface area contributed by atoms with Gasteiger partial charge < -0.3 is 10.0 Å². The summed E-state index contributed by atoms with van der Waals surface area (Å²) in [4.78, 5) is 34.6. The average molecular weight is 259 g/mol. The molecule has 0 radical (unpaired) electrons. The van der Waals surface area contributed by atoms with Gasteiger partial charge in [-0.05, 0) is 24.6 Å². The first-order valence-corrected chi connectivity index (χ1v) is 6.37. The molecule has 0 spiro atoms. The summed E-state index contributed by atoms with van der Waals surface area (Å²) in [6, 6.07) is 0. The molecule has 6 heteroatoms. The predicted octanol–water partition coefficient (Wildman–Crippen LogP) is 1.33. The first-order chi connectivity index (χ1) is 7.81. The first kappa shape index (κ1) is 14.0. The molecule has 1 N–H and O–H groups in total. The highest BCUT2D eigenvalue weighted by Crippen LogP contribution is 2.40. The van der Waals surface area contributed by atoms with Gasteiger partial charge in [0.05, 0.1) is 0 Å². The maximum Gasteiger partial charge on any atom is 0.340 e. The zero-order valence-corrected chi connectivity index (χ0v) is 11.0. The van der Waals surface area contributed by atoms with Crippen LogP contribution in [-0.4, -0.2) is 38.4 Å². The van der Waals surface area contributed by atoms with Crippen molar-refractivity contribution < 1.29 is 19.5 Å². The highest BCUT2D eigenvalue weighted by molar-refractivity contribution is 8.15. The summed E-state index contributed by atoms with van der Waals surface area (Å²) in [6.45, 7) is 5.19. The number of carboxylic acids is 1. The number of carboxylic acid groups (broad SMARTS) is 1. The van der Waals surface area contributed by atoms with Gasteiger partial charge in [0.25, 0.3) is 0 Å². The second-order valence-electron chi connectivity index (χ2n) is 4.43.